The number of ether oxygens (including phenoxy) is 1. The van der Waals surface area contributed by atoms with Crippen LogP contribution in [0.5, 0.6) is 5.75 Å². The van der Waals surface area contributed by atoms with E-state index in [0.29, 0.717) is 12.6 Å². The molecule has 2 aromatic carbocycles. The quantitative estimate of drug-likeness (QED) is 0.723. The molecule has 1 atom stereocenters. The zero-order valence-corrected chi connectivity index (χ0v) is 16.7. The van der Waals surface area contributed by atoms with Crippen LogP contribution in [0.3, 0.4) is 0 Å². The van der Waals surface area contributed by atoms with Gasteiger partial charge in [0.15, 0.2) is 0 Å². The van der Waals surface area contributed by atoms with Crippen LogP contribution in [0.4, 0.5) is 0 Å². The van der Waals surface area contributed by atoms with Crippen molar-refractivity contribution in [2.75, 3.05) is 26.2 Å². The molecule has 5 heteroatoms. The van der Waals surface area contributed by atoms with Crippen LogP contribution >= 0.6 is 11.6 Å². The molecule has 0 radical (unpaired) electrons. The van der Waals surface area contributed by atoms with Gasteiger partial charge in [-0.05, 0) is 62.7 Å². The minimum absolute atomic E-state index is 0.277. The third-order valence-electron chi connectivity index (χ3n) is 4.97. The molecule has 0 aliphatic carbocycles. The van der Waals surface area contributed by atoms with Crippen LogP contribution in [-0.2, 0) is 6.54 Å². The number of halogens is 1. The number of benzene rings is 2. The molecular formula is C22H29ClN2O2. The van der Waals surface area contributed by atoms with Crippen LogP contribution in [0.15, 0.2) is 54.6 Å². The lowest BCUT2D eigenvalue weighted by atomic mass is 10.0. The molecule has 1 aliphatic rings. The zero-order valence-electron chi connectivity index (χ0n) is 15.9. The second-order valence-corrected chi connectivity index (χ2v) is 8.09. The molecular weight excluding hydrogens is 360 g/mol. The van der Waals surface area contributed by atoms with Crippen molar-refractivity contribution in [3.05, 3.63) is 65.2 Å². The number of hydrogen-bond donors (Lipinski definition) is 2. The van der Waals surface area contributed by atoms with E-state index in [1.54, 1.807) is 0 Å². The largest absolute Gasteiger partial charge is 0.491 e. The molecule has 1 heterocycles. The highest BCUT2D eigenvalue weighted by Crippen LogP contribution is 2.17. The van der Waals surface area contributed by atoms with Crippen molar-refractivity contribution in [1.82, 2.24) is 10.2 Å². The summed E-state index contributed by atoms with van der Waals surface area (Å²) in [6.07, 6.45) is 2.17. The van der Waals surface area contributed by atoms with E-state index in [0.717, 1.165) is 43.2 Å². The van der Waals surface area contributed by atoms with Crippen molar-refractivity contribution in [2.24, 2.45) is 0 Å². The van der Waals surface area contributed by atoms with E-state index in [-0.39, 0.29) is 6.61 Å². The highest BCUT2D eigenvalue weighted by molar-refractivity contribution is 6.30. The molecule has 27 heavy (non-hydrogen) atoms. The van der Waals surface area contributed by atoms with Crippen LogP contribution in [0.1, 0.15) is 25.3 Å². The van der Waals surface area contributed by atoms with E-state index in [4.69, 9.17) is 16.3 Å². The standard InChI is InChI=1S/C22H29ClN2O2/c1-22(26,17-27-21-5-3-2-4-6-21)16-24-20-11-13-25(14-12-20)15-18-7-9-19(23)10-8-18/h2-10,20,24,26H,11-17H2,1H3. The van der Waals surface area contributed by atoms with Crippen LogP contribution in [-0.4, -0.2) is 47.9 Å². The minimum atomic E-state index is -0.893. The summed E-state index contributed by atoms with van der Waals surface area (Å²) in [6, 6.07) is 18.1. The van der Waals surface area contributed by atoms with Crippen molar-refractivity contribution < 1.29 is 9.84 Å². The molecule has 0 aromatic heterocycles. The molecule has 2 aromatic rings. The summed E-state index contributed by atoms with van der Waals surface area (Å²) >= 11 is 5.95. The van der Waals surface area contributed by atoms with E-state index in [9.17, 15) is 5.11 Å². The first kappa shape index (κ1) is 20.2. The van der Waals surface area contributed by atoms with E-state index >= 15 is 0 Å². The molecule has 4 nitrogen and oxygen atoms in total. The van der Waals surface area contributed by atoms with Crippen molar-refractivity contribution in [1.29, 1.82) is 0 Å². The molecule has 0 amide bonds. The predicted octanol–water partition coefficient (Wildman–Crippen LogP) is 3.72. The van der Waals surface area contributed by atoms with Crippen molar-refractivity contribution in [2.45, 2.75) is 38.0 Å². The summed E-state index contributed by atoms with van der Waals surface area (Å²) in [5, 5.41) is 14.9. The summed E-state index contributed by atoms with van der Waals surface area (Å²) < 4.78 is 5.69. The number of rotatable bonds is 8. The fraction of sp³-hybridized carbons (Fsp3) is 0.455. The molecule has 3 rings (SSSR count). The van der Waals surface area contributed by atoms with E-state index in [2.05, 4.69) is 22.3 Å². The average molecular weight is 389 g/mol. The number of piperidine rings is 1. The number of nitrogens with zero attached hydrogens (tertiary/aromatic N) is 1. The van der Waals surface area contributed by atoms with Crippen LogP contribution in [0.25, 0.3) is 0 Å². The molecule has 1 fully saturated rings. The van der Waals surface area contributed by atoms with Gasteiger partial charge < -0.3 is 15.2 Å². The lowest BCUT2D eigenvalue weighted by molar-refractivity contribution is 0.00816. The van der Waals surface area contributed by atoms with Crippen LogP contribution in [0.2, 0.25) is 5.02 Å². The lowest BCUT2D eigenvalue weighted by Gasteiger charge is -2.34. The smallest absolute Gasteiger partial charge is 0.119 e. The van der Waals surface area contributed by atoms with Gasteiger partial charge in [0, 0.05) is 24.2 Å². The first-order valence-electron chi connectivity index (χ1n) is 9.61. The van der Waals surface area contributed by atoms with Gasteiger partial charge in [-0.1, -0.05) is 41.9 Å². The Kier molecular flexibility index (Phi) is 7.13. The first-order valence-corrected chi connectivity index (χ1v) is 9.98. The maximum absolute atomic E-state index is 10.6. The molecule has 146 valence electrons. The Morgan fingerprint density at radius 3 is 2.44 bits per heavy atom. The second-order valence-electron chi connectivity index (χ2n) is 7.66. The average Bonchev–Trinajstić information content (AvgIpc) is 2.69. The second kappa shape index (κ2) is 9.56. The fourth-order valence-electron chi connectivity index (χ4n) is 3.31. The van der Waals surface area contributed by atoms with Gasteiger partial charge in [-0.25, -0.2) is 0 Å². The highest BCUT2D eigenvalue weighted by Gasteiger charge is 2.25. The van der Waals surface area contributed by atoms with E-state index < -0.39 is 5.60 Å². The predicted molar refractivity (Wildman–Crippen MR) is 110 cm³/mol. The SMILES string of the molecule is CC(O)(CNC1CCN(Cc2ccc(Cl)cc2)CC1)COc1ccccc1. The number of hydrogen-bond acceptors (Lipinski definition) is 4. The Morgan fingerprint density at radius 1 is 1.11 bits per heavy atom. The van der Waals surface area contributed by atoms with Gasteiger partial charge in [-0.2, -0.15) is 0 Å². The first-order chi connectivity index (χ1) is 13.0. The Bertz CT molecular complexity index is 683. The Labute approximate surface area is 167 Å². The van der Waals surface area contributed by atoms with Crippen molar-refractivity contribution in [3.63, 3.8) is 0 Å². The zero-order chi connectivity index (χ0) is 19.1. The maximum atomic E-state index is 10.6. The van der Waals surface area contributed by atoms with Gasteiger partial charge in [-0.3, -0.25) is 4.90 Å². The maximum Gasteiger partial charge on any atom is 0.119 e. The molecule has 1 saturated heterocycles. The van der Waals surface area contributed by atoms with Gasteiger partial charge in [-0.15, -0.1) is 0 Å². The Balaban J connectivity index is 1.36. The summed E-state index contributed by atoms with van der Waals surface area (Å²) in [5.41, 5.74) is 0.405. The Morgan fingerprint density at radius 2 is 1.78 bits per heavy atom. The molecule has 1 aliphatic heterocycles. The number of aliphatic hydroxyl groups is 1. The molecule has 2 N–H and O–H groups in total. The van der Waals surface area contributed by atoms with E-state index in [1.807, 2.05) is 49.4 Å². The normalized spacial score (nSPS) is 18.2. The lowest BCUT2D eigenvalue weighted by Crippen LogP contribution is -2.49. The summed E-state index contributed by atoms with van der Waals surface area (Å²) in [7, 11) is 0. The molecule has 1 unspecified atom stereocenters. The highest BCUT2D eigenvalue weighted by atomic mass is 35.5. The van der Waals surface area contributed by atoms with Crippen LogP contribution < -0.4 is 10.1 Å². The van der Waals surface area contributed by atoms with Gasteiger partial charge in [0.2, 0.25) is 0 Å². The third kappa shape index (κ3) is 6.82. The summed E-state index contributed by atoms with van der Waals surface area (Å²) in [4.78, 5) is 2.47. The van der Waals surface area contributed by atoms with Gasteiger partial charge >= 0.3 is 0 Å². The summed E-state index contributed by atoms with van der Waals surface area (Å²) in [5.74, 6) is 0.785. The molecule has 0 bridgehead atoms. The number of likely N-dealkylation sites (tertiary alicyclic amines) is 1. The van der Waals surface area contributed by atoms with Gasteiger partial charge in [0.1, 0.15) is 18.0 Å². The number of nitrogens with one attached hydrogen (secondary N) is 1. The van der Waals surface area contributed by atoms with E-state index in [1.165, 1.54) is 5.56 Å². The minimum Gasteiger partial charge on any atom is -0.491 e. The molecule has 0 spiro atoms. The Hall–Kier alpha value is -1.59. The molecule has 0 saturated carbocycles. The monoisotopic (exact) mass is 388 g/mol. The number of para-hydroxylation sites is 1. The van der Waals surface area contributed by atoms with Gasteiger partial charge in [0.05, 0.1) is 0 Å². The third-order valence-corrected chi connectivity index (χ3v) is 5.22. The van der Waals surface area contributed by atoms with Crippen molar-refractivity contribution >= 4 is 11.6 Å². The summed E-state index contributed by atoms with van der Waals surface area (Å²) in [6.45, 7) is 5.71. The van der Waals surface area contributed by atoms with Crippen molar-refractivity contribution in [3.8, 4) is 5.75 Å². The van der Waals surface area contributed by atoms with Crippen LogP contribution in [0, 0.1) is 0 Å². The topological polar surface area (TPSA) is 44.7 Å². The van der Waals surface area contributed by atoms with Gasteiger partial charge in [0.25, 0.3) is 0 Å². The fourth-order valence-corrected chi connectivity index (χ4v) is 3.44.